The second-order valence-electron chi connectivity index (χ2n) is 3.83. The van der Waals surface area contributed by atoms with Gasteiger partial charge >= 0.3 is 5.51 Å². The Morgan fingerprint density at radius 3 is 2.53 bits per heavy atom. The van der Waals surface area contributed by atoms with Crippen LogP contribution in [0.4, 0.5) is 13.2 Å². The molecule has 0 aliphatic rings. The maximum atomic E-state index is 12.4. The molecule has 0 saturated carbocycles. The molecule has 1 atom stereocenters. The first-order valence-corrected chi connectivity index (χ1v) is 6.36. The highest BCUT2D eigenvalue weighted by atomic mass is 32.2. The second kappa shape index (κ2) is 6.31. The fourth-order valence-electron chi connectivity index (χ4n) is 1.58. The maximum Gasteiger partial charge on any atom is 0.446 e. The van der Waals surface area contributed by atoms with Gasteiger partial charge < -0.3 is 5.73 Å². The topological polar surface area (TPSA) is 26.0 Å². The SMILES string of the molecule is CCCC[C@H](N)c1ccccc1SC(F)(F)F. The molecule has 0 bridgehead atoms. The lowest BCUT2D eigenvalue weighted by molar-refractivity contribution is -0.0328. The number of nitrogens with two attached hydrogens (primary N) is 1. The van der Waals surface area contributed by atoms with Crippen LogP contribution in [0, 0.1) is 0 Å². The number of alkyl halides is 3. The highest BCUT2D eigenvalue weighted by molar-refractivity contribution is 8.00. The molecule has 0 aromatic heterocycles. The highest BCUT2D eigenvalue weighted by Gasteiger charge is 2.30. The smallest absolute Gasteiger partial charge is 0.324 e. The Balaban J connectivity index is 2.83. The zero-order chi connectivity index (χ0) is 12.9. The van der Waals surface area contributed by atoms with Crippen molar-refractivity contribution in [3.05, 3.63) is 29.8 Å². The van der Waals surface area contributed by atoms with Gasteiger partial charge in [0.15, 0.2) is 0 Å². The third-order valence-electron chi connectivity index (χ3n) is 2.41. The van der Waals surface area contributed by atoms with Gasteiger partial charge in [-0.15, -0.1) is 0 Å². The molecule has 0 aliphatic carbocycles. The van der Waals surface area contributed by atoms with Crippen LogP contribution in [0.25, 0.3) is 0 Å². The number of thioether (sulfide) groups is 1. The molecule has 96 valence electrons. The van der Waals surface area contributed by atoms with E-state index in [1.165, 1.54) is 6.07 Å². The average Bonchev–Trinajstić information content (AvgIpc) is 2.24. The molecule has 0 aliphatic heterocycles. The van der Waals surface area contributed by atoms with E-state index in [9.17, 15) is 13.2 Å². The summed E-state index contributed by atoms with van der Waals surface area (Å²) in [4.78, 5) is 0.212. The van der Waals surface area contributed by atoms with Crippen LogP contribution in [0.2, 0.25) is 0 Å². The first kappa shape index (κ1) is 14.4. The van der Waals surface area contributed by atoms with Crippen LogP contribution in [-0.2, 0) is 0 Å². The summed E-state index contributed by atoms with van der Waals surface area (Å²) in [5.74, 6) is 0. The van der Waals surface area contributed by atoms with Crippen molar-refractivity contribution >= 4 is 11.8 Å². The van der Waals surface area contributed by atoms with Gasteiger partial charge in [0, 0.05) is 10.9 Å². The summed E-state index contributed by atoms with van der Waals surface area (Å²) in [5.41, 5.74) is 2.24. The van der Waals surface area contributed by atoms with Gasteiger partial charge in [-0.2, -0.15) is 13.2 Å². The molecule has 0 radical (unpaired) electrons. The minimum atomic E-state index is -4.26. The lowest BCUT2D eigenvalue weighted by Crippen LogP contribution is -2.12. The minimum absolute atomic E-state index is 0.0908. The lowest BCUT2D eigenvalue weighted by atomic mass is 10.0. The molecule has 1 aromatic carbocycles. The number of benzene rings is 1. The predicted octanol–water partition coefficient (Wildman–Crippen LogP) is 4.49. The molecule has 5 heteroatoms. The van der Waals surface area contributed by atoms with Crippen LogP contribution >= 0.6 is 11.8 Å². The fourth-order valence-corrected chi connectivity index (χ4v) is 2.32. The van der Waals surface area contributed by atoms with Gasteiger partial charge in [0.05, 0.1) is 0 Å². The molecule has 1 nitrogen and oxygen atoms in total. The molecule has 17 heavy (non-hydrogen) atoms. The Bertz CT molecular complexity index is 352. The summed E-state index contributed by atoms with van der Waals surface area (Å²) in [6, 6.07) is 6.15. The third-order valence-corrected chi connectivity index (χ3v) is 3.24. The largest absolute Gasteiger partial charge is 0.446 e. The van der Waals surface area contributed by atoms with E-state index in [2.05, 4.69) is 0 Å². The van der Waals surface area contributed by atoms with Crippen LogP contribution in [-0.4, -0.2) is 5.51 Å². The molecule has 0 spiro atoms. The molecule has 1 rings (SSSR count). The number of hydrogen-bond acceptors (Lipinski definition) is 2. The second-order valence-corrected chi connectivity index (χ2v) is 4.94. The normalized spacial score (nSPS) is 13.7. The Kier molecular flexibility index (Phi) is 5.33. The number of hydrogen-bond donors (Lipinski definition) is 1. The Labute approximate surface area is 104 Å². The summed E-state index contributed by atoms with van der Waals surface area (Å²) < 4.78 is 37.1. The number of rotatable bonds is 5. The maximum absolute atomic E-state index is 12.4. The van der Waals surface area contributed by atoms with Gasteiger partial charge in [0.1, 0.15) is 0 Å². The molecule has 2 N–H and O–H groups in total. The molecule has 1 aromatic rings. The van der Waals surface area contributed by atoms with Crippen LogP contribution in [0.3, 0.4) is 0 Å². The lowest BCUT2D eigenvalue weighted by Gasteiger charge is -2.16. The molecule has 0 fully saturated rings. The van der Waals surface area contributed by atoms with E-state index in [-0.39, 0.29) is 22.7 Å². The molecule has 0 saturated heterocycles. The fraction of sp³-hybridized carbons (Fsp3) is 0.500. The van der Waals surface area contributed by atoms with E-state index in [4.69, 9.17) is 5.73 Å². The molecule has 0 unspecified atom stereocenters. The molecule has 0 amide bonds. The van der Waals surface area contributed by atoms with E-state index in [0.717, 1.165) is 12.8 Å². The highest BCUT2D eigenvalue weighted by Crippen LogP contribution is 2.40. The van der Waals surface area contributed by atoms with Gasteiger partial charge in [-0.25, -0.2) is 0 Å². The van der Waals surface area contributed by atoms with E-state index in [1.54, 1.807) is 18.2 Å². The van der Waals surface area contributed by atoms with E-state index in [1.807, 2.05) is 6.92 Å². The zero-order valence-corrected chi connectivity index (χ0v) is 10.4. The van der Waals surface area contributed by atoms with Gasteiger partial charge in [0.2, 0.25) is 0 Å². The van der Waals surface area contributed by atoms with Crippen LogP contribution in [0.15, 0.2) is 29.2 Å². The van der Waals surface area contributed by atoms with Crippen LogP contribution in [0.1, 0.15) is 37.8 Å². The first-order valence-electron chi connectivity index (χ1n) is 5.54. The third kappa shape index (κ3) is 5.00. The summed E-state index contributed by atoms with van der Waals surface area (Å²) >= 11 is -0.0908. The Morgan fingerprint density at radius 2 is 1.94 bits per heavy atom. The predicted molar refractivity (Wildman–Crippen MR) is 64.8 cm³/mol. The van der Waals surface area contributed by atoms with Crippen molar-refractivity contribution < 1.29 is 13.2 Å². The monoisotopic (exact) mass is 263 g/mol. The van der Waals surface area contributed by atoms with Gasteiger partial charge in [-0.05, 0) is 29.8 Å². The molecular weight excluding hydrogens is 247 g/mol. The van der Waals surface area contributed by atoms with Crippen molar-refractivity contribution in [2.24, 2.45) is 5.73 Å². The molecule has 0 heterocycles. The van der Waals surface area contributed by atoms with Crippen molar-refractivity contribution in [1.82, 2.24) is 0 Å². The van der Waals surface area contributed by atoms with Gasteiger partial charge in [-0.3, -0.25) is 0 Å². The number of halogens is 3. The Morgan fingerprint density at radius 1 is 1.29 bits per heavy atom. The van der Waals surface area contributed by atoms with E-state index >= 15 is 0 Å². The molecular formula is C12H16F3NS. The van der Waals surface area contributed by atoms with Crippen LogP contribution in [0.5, 0.6) is 0 Å². The van der Waals surface area contributed by atoms with E-state index < -0.39 is 5.51 Å². The van der Waals surface area contributed by atoms with Crippen molar-refractivity contribution in [3.63, 3.8) is 0 Å². The quantitative estimate of drug-likeness (QED) is 0.792. The van der Waals surface area contributed by atoms with Crippen molar-refractivity contribution in [2.75, 3.05) is 0 Å². The van der Waals surface area contributed by atoms with Crippen LogP contribution < -0.4 is 5.73 Å². The van der Waals surface area contributed by atoms with Crippen molar-refractivity contribution in [3.8, 4) is 0 Å². The summed E-state index contributed by atoms with van der Waals surface area (Å²) in [7, 11) is 0. The Hall–Kier alpha value is -0.680. The van der Waals surface area contributed by atoms with Gasteiger partial charge in [-0.1, -0.05) is 38.0 Å². The van der Waals surface area contributed by atoms with E-state index in [0.29, 0.717) is 12.0 Å². The summed E-state index contributed by atoms with van der Waals surface area (Å²) in [6.45, 7) is 2.03. The standard InChI is InChI=1S/C12H16F3NS/c1-2-3-7-10(16)9-6-4-5-8-11(9)17-12(13,14)15/h4-6,8,10H,2-3,7,16H2,1H3/t10-/m0/s1. The minimum Gasteiger partial charge on any atom is -0.324 e. The summed E-state index contributed by atoms with van der Waals surface area (Å²) in [6.07, 6.45) is 2.63. The summed E-state index contributed by atoms with van der Waals surface area (Å²) in [5, 5.41) is 0. The van der Waals surface area contributed by atoms with Gasteiger partial charge in [0.25, 0.3) is 0 Å². The first-order chi connectivity index (χ1) is 7.94. The van der Waals surface area contributed by atoms with Crippen molar-refractivity contribution in [2.45, 2.75) is 42.6 Å². The van der Waals surface area contributed by atoms with Crippen molar-refractivity contribution in [1.29, 1.82) is 0 Å². The number of unbranched alkanes of at least 4 members (excludes halogenated alkanes) is 1. The zero-order valence-electron chi connectivity index (χ0n) is 9.63. The average molecular weight is 263 g/mol.